The summed E-state index contributed by atoms with van der Waals surface area (Å²) in [5.74, 6) is -1.12. The second-order valence-corrected chi connectivity index (χ2v) is 5.79. The fourth-order valence-electron chi connectivity index (χ4n) is 2.64. The summed E-state index contributed by atoms with van der Waals surface area (Å²) in [5.41, 5.74) is 0.704. The number of carbonyl (C=O) groups is 3. The van der Waals surface area contributed by atoms with E-state index in [1.165, 1.54) is 17.0 Å². The fourth-order valence-corrected chi connectivity index (χ4v) is 2.64. The van der Waals surface area contributed by atoms with Crippen LogP contribution in [0.3, 0.4) is 0 Å². The van der Waals surface area contributed by atoms with Crippen molar-refractivity contribution in [3.8, 4) is 5.75 Å². The largest absolute Gasteiger partial charge is 0.427 e. The van der Waals surface area contributed by atoms with Crippen molar-refractivity contribution in [3.63, 3.8) is 0 Å². The number of imide groups is 1. The van der Waals surface area contributed by atoms with Crippen molar-refractivity contribution in [1.82, 2.24) is 5.32 Å². The minimum absolute atomic E-state index is 0.0843. The molecule has 2 amide bonds. The molecule has 1 fully saturated rings. The van der Waals surface area contributed by atoms with Gasteiger partial charge in [0.25, 0.3) is 6.47 Å². The summed E-state index contributed by atoms with van der Waals surface area (Å²) in [6.07, 6.45) is 0.520. The first-order valence-corrected chi connectivity index (χ1v) is 7.35. The van der Waals surface area contributed by atoms with E-state index in [-0.39, 0.29) is 36.2 Å². The average Bonchev–Trinajstić information content (AvgIpc) is 2.48. The minimum atomic E-state index is -0.633. The number of hydrogen-bond acceptors (Lipinski definition) is 5. The molecule has 0 bridgehead atoms. The molecule has 0 spiro atoms. The van der Waals surface area contributed by atoms with Crippen molar-refractivity contribution in [2.24, 2.45) is 0 Å². The molecule has 1 atom stereocenters. The number of hydrogen-bond donors (Lipinski definition) is 1. The van der Waals surface area contributed by atoms with E-state index in [0.29, 0.717) is 12.0 Å². The molecule has 1 saturated heterocycles. The van der Waals surface area contributed by atoms with Crippen molar-refractivity contribution in [2.45, 2.75) is 38.6 Å². The molecule has 1 aliphatic heterocycles. The molecule has 2 rings (SSSR count). The molecule has 0 saturated carbocycles. The van der Waals surface area contributed by atoms with E-state index in [2.05, 4.69) is 5.32 Å². The summed E-state index contributed by atoms with van der Waals surface area (Å²) in [4.78, 5) is 35.5. The highest BCUT2D eigenvalue weighted by molar-refractivity contribution is 6.01. The molecule has 1 N–H and O–H groups in total. The number of ether oxygens (including phenoxy) is 1. The number of amides is 2. The van der Waals surface area contributed by atoms with Gasteiger partial charge in [0.15, 0.2) is 5.75 Å². The fraction of sp³-hybridized carbons (Fsp3) is 0.438. The van der Waals surface area contributed by atoms with Crippen LogP contribution in [0.4, 0.5) is 10.1 Å². The second kappa shape index (κ2) is 6.76. The number of piperidine rings is 1. The van der Waals surface area contributed by atoms with Crippen molar-refractivity contribution in [3.05, 3.63) is 23.5 Å². The van der Waals surface area contributed by atoms with Crippen LogP contribution < -0.4 is 15.0 Å². The third-order valence-electron chi connectivity index (χ3n) is 3.93. The summed E-state index contributed by atoms with van der Waals surface area (Å²) in [7, 11) is 1.60. The maximum Gasteiger partial charge on any atom is 0.298 e. The standard InChI is InChI=1S/C16H19FN2O4/c1-9(2)10-6-14(23-8-20)13(7-11(10)17)19(3)12-4-5-15(21)18-16(12)22/h6-9,12H,4-5H2,1-3H3,(H,18,21,22). The van der Waals surface area contributed by atoms with Crippen LogP contribution in [0.1, 0.15) is 38.2 Å². The molecule has 1 aromatic rings. The van der Waals surface area contributed by atoms with Gasteiger partial charge in [-0.2, -0.15) is 0 Å². The van der Waals surface area contributed by atoms with Gasteiger partial charge in [0.05, 0.1) is 5.69 Å². The highest BCUT2D eigenvalue weighted by Crippen LogP contribution is 2.35. The Bertz CT molecular complexity index is 645. The lowest BCUT2D eigenvalue weighted by molar-refractivity contribution is -0.134. The number of carbonyl (C=O) groups excluding carboxylic acids is 3. The number of rotatable bonds is 5. The molecular weight excluding hydrogens is 303 g/mol. The van der Waals surface area contributed by atoms with Crippen LogP contribution >= 0.6 is 0 Å². The van der Waals surface area contributed by atoms with Crippen LogP contribution in [-0.4, -0.2) is 31.4 Å². The lowest BCUT2D eigenvalue weighted by atomic mass is 10.00. The summed E-state index contributed by atoms with van der Waals surface area (Å²) in [6, 6.07) is 2.08. The van der Waals surface area contributed by atoms with Crippen molar-refractivity contribution >= 4 is 24.0 Å². The smallest absolute Gasteiger partial charge is 0.298 e. The highest BCUT2D eigenvalue weighted by Gasteiger charge is 2.31. The molecule has 1 aliphatic rings. The van der Waals surface area contributed by atoms with Gasteiger partial charge in [0.2, 0.25) is 11.8 Å². The molecule has 124 valence electrons. The second-order valence-electron chi connectivity index (χ2n) is 5.79. The Morgan fingerprint density at radius 2 is 2.09 bits per heavy atom. The Morgan fingerprint density at radius 1 is 1.39 bits per heavy atom. The highest BCUT2D eigenvalue weighted by atomic mass is 19.1. The van der Waals surface area contributed by atoms with Gasteiger partial charge in [-0.3, -0.25) is 19.7 Å². The molecule has 0 aromatic heterocycles. The predicted octanol–water partition coefficient (Wildman–Crippen LogP) is 1.73. The molecule has 1 unspecified atom stereocenters. The molecule has 23 heavy (non-hydrogen) atoms. The lowest BCUT2D eigenvalue weighted by Gasteiger charge is -2.32. The van der Waals surface area contributed by atoms with E-state index in [1.54, 1.807) is 7.05 Å². The number of likely N-dealkylation sites (N-methyl/N-ethyl adjacent to an activating group) is 1. The summed E-state index contributed by atoms with van der Waals surface area (Å²) < 4.78 is 19.2. The lowest BCUT2D eigenvalue weighted by Crippen LogP contribution is -2.51. The quantitative estimate of drug-likeness (QED) is 0.660. The Morgan fingerprint density at radius 3 is 2.65 bits per heavy atom. The molecular formula is C16H19FN2O4. The topological polar surface area (TPSA) is 75.7 Å². The van der Waals surface area contributed by atoms with Crippen LogP contribution in [0.15, 0.2) is 12.1 Å². The molecule has 0 aliphatic carbocycles. The zero-order valence-corrected chi connectivity index (χ0v) is 13.3. The molecule has 1 aromatic carbocycles. The molecule has 6 nitrogen and oxygen atoms in total. The zero-order valence-electron chi connectivity index (χ0n) is 13.3. The SMILES string of the molecule is CC(C)c1cc(OC=O)c(N(C)C2CCC(=O)NC2=O)cc1F. The van der Waals surface area contributed by atoms with Crippen LogP contribution in [0.5, 0.6) is 5.75 Å². The van der Waals surface area contributed by atoms with Crippen molar-refractivity contribution < 1.29 is 23.5 Å². The van der Waals surface area contributed by atoms with Crippen LogP contribution in [0.2, 0.25) is 0 Å². The van der Waals surface area contributed by atoms with E-state index in [0.717, 1.165) is 0 Å². The van der Waals surface area contributed by atoms with Gasteiger partial charge in [-0.05, 0) is 24.0 Å². The monoisotopic (exact) mass is 322 g/mol. The van der Waals surface area contributed by atoms with E-state index in [1.807, 2.05) is 13.8 Å². The Labute approximate surface area is 133 Å². The van der Waals surface area contributed by atoms with E-state index in [9.17, 15) is 18.8 Å². The van der Waals surface area contributed by atoms with Gasteiger partial charge in [0, 0.05) is 19.5 Å². The number of nitrogens with zero attached hydrogens (tertiary/aromatic N) is 1. The van der Waals surface area contributed by atoms with Gasteiger partial charge in [0.1, 0.15) is 11.9 Å². The Hall–Kier alpha value is -2.44. The normalized spacial score (nSPS) is 17.9. The maximum absolute atomic E-state index is 14.3. The molecule has 1 heterocycles. The van der Waals surface area contributed by atoms with Crippen LogP contribution in [0.25, 0.3) is 0 Å². The number of halogens is 1. The van der Waals surface area contributed by atoms with Crippen molar-refractivity contribution in [1.29, 1.82) is 0 Å². The first-order chi connectivity index (χ1) is 10.8. The Balaban J connectivity index is 2.40. The van der Waals surface area contributed by atoms with Gasteiger partial charge in [-0.1, -0.05) is 13.8 Å². The Kier molecular flexibility index (Phi) is 4.98. The minimum Gasteiger partial charge on any atom is -0.427 e. The first-order valence-electron chi connectivity index (χ1n) is 7.35. The van der Waals surface area contributed by atoms with E-state index >= 15 is 0 Å². The average molecular weight is 322 g/mol. The van der Waals surface area contributed by atoms with Gasteiger partial charge in [-0.25, -0.2) is 4.39 Å². The number of nitrogens with one attached hydrogen (secondary N) is 1. The number of benzene rings is 1. The van der Waals surface area contributed by atoms with E-state index < -0.39 is 17.8 Å². The van der Waals surface area contributed by atoms with Gasteiger partial charge in [-0.15, -0.1) is 0 Å². The third kappa shape index (κ3) is 3.49. The maximum atomic E-state index is 14.3. The third-order valence-corrected chi connectivity index (χ3v) is 3.93. The summed E-state index contributed by atoms with van der Waals surface area (Å²) in [6.45, 7) is 3.92. The van der Waals surface area contributed by atoms with Gasteiger partial charge < -0.3 is 9.64 Å². The summed E-state index contributed by atoms with van der Waals surface area (Å²) in [5, 5.41) is 2.25. The van der Waals surface area contributed by atoms with Crippen LogP contribution in [-0.2, 0) is 14.4 Å². The number of anilines is 1. The molecule has 0 radical (unpaired) electrons. The zero-order chi connectivity index (χ0) is 17.1. The van der Waals surface area contributed by atoms with Gasteiger partial charge >= 0.3 is 0 Å². The van der Waals surface area contributed by atoms with Crippen LogP contribution in [0, 0.1) is 5.82 Å². The predicted molar refractivity (Wildman–Crippen MR) is 81.8 cm³/mol. The first kappa shape index (κ1) is 16.9. The molecule has 7 heteroatoms. The summed E-state index contributed by atoms with van der Waals surface area (Å²) >= 11 is 0. The van der Waals surface area contributed by atoms with E-state index in [4.69, 9.17) is 4.74 Å². The van der Waals surface area contributed by atoms with Crippen molar-refractivity contribution in [2.75, 3.05) is 11.9 Å².